The molecule has 3 nitrogen and oxygen atoms in total. The molecule has 2 unspecified atom stereocenters. The van der Waals surface area contributed by atoms with Crippen molar-refractivity contribution in [3.63, 3.8) is 0 Å². The standard InChI is InChI=1S/C15H23BrN2O/c1-2-14-11-19-9-8-18(14)7-6-15(17)12-4-3-5-13(16)10-12/h3-5,10,14-15H,2,6-9,11,17H2,1H3. The number of ether oxygens (including phenoxy) is 1. The molecule has 2 atom stereocenters. The molecule has 0 amide bonds. The lowest BCUT2D eigenvalue weighted by atomic mass is 10.0. The van der Waals surface area contributed by atoms with Gasteiger partial charge in [-0.3, -0.25) is 4.90 Å². The van der Waals surface area contributed by atoms with Gasteiger partial charge in [-0.2, -0.15) is 0 Å². The smallest absolute Gasteiger partial charge is 0.0622 e. The highest BCUT2D eigenvalue weighted by atomic mass is 79.9. The zero-order valence-electron chi connectivity index (χ0n) is 11.5. The number of benzene rings is 1. The molecule has 0 aliphatic carbocycles. The van der Waals surface area contributed by atoms with Crippen LogP contribution in [0.15, 0.2) is 28.7 Å². The monoisotopic (exact) mass is 326 g/mol. The molecule has 1 aliphatic rings. The molecule has 1 fully saturated rings. The van der Waals surface area contributed by atoms with Crippen LogP contribution in [-0.2, 0) is 4.74 Å². The Kier molecular flexibility index (Phi) is 5.82. The number of nitrogens with two attached hydrogens (primary N) is 1. The predicted molar refractivity (Wildman–Crippen MR) is 82.2 cm³/mol. The minimum atomic E-state index is 0.109. The largest absolute Gasteiger partial charge is 0.378 e. The zero-order valence-corrected chi connectivity index (χ0v) is 13.1. The van der Waals surface area contributed by atoms with Crippen LogP contribution in [0.5, 0.6) is 0 Å². The van der Waals surface area contributed by atoms with Crippen LogP contribution in [-0.4, -0.2) is 37.2 Å². The number of morpholine rings is 1. The van der Waals surface area contributed by atoms with E-state index in [9.17, 15) is 0 Å². The average molecular weight is 327 g/mol. The third-order valence-electron chi connectivity index (χ3n) is 3.82. The summed E-state index contributed by atoms with van der Waals surface area (Å²) in [6.45, 7) is 6.02. The summed E-state index contributed by atoms with van der Waals surface area (Å²) in [6, 6.07) is 8.96. The van der Waals surface area contributed by atoms with Crippen LogP contribution in [0, 0.1) is 0 Å². The summed E-state index contributed by atoms with van der Waals surface area (Å²) >= 11 is 3.50. The molecule has 1 aromatic rings. The van der Waals surface area contributed by atoms with Gasteiger partial charge in [0.15, 0.2) is 0 Å². The molecule has 0 bridgehead atoms. The van der Waals surface area contributed by atoms with Crippen molar-refractivity contribution in [3.8, 4) is 0 Å². The summed E-state index contributed by atoms with van der Waals surface area (Å²) < 4.78 is 6.63. The second-order valence-corrected chi connectivity index (χ2v) is 6.04. The van der Waals surface area contributed by atoms with E-state index < -0.39 is 0 Å². The van der Waals surface area contributed by atoms with E-state index in [-0.39, 0.29) is 6.04 Å². The van der Waals surface area contributed by atoms with E-state index in [1.54, 1.807) is 0 Å². The van der Waals surface area contributed by atoms with Crippen molar-refractivity contribution in [2.24, 2.45) is 5.73 Å². The number of nitrogens with zero attached hydrogens (tertiary/aromatic N) is 1. The first kappa shape index (κ1) is 15.0. The van der Waals surface area contributed by atoms with Crippen molar-refractivity contribution < 1.29 is 4.74 Å². The fraction of sp³-hybridized carbons (Fsp3) is 0.600. The van der Waals surface area contributed by atoms with Crippen LogP contribution < -0.4 is 5.73 Å². The average Bonchev–Trinajstić information content (AvgIpc) is 2.45. The minimum Gasteiger partial charge on any atom is -0.378 e. The van der Waals surface area contributed by atoms with E-state index in [2.05, 4.69) is 39.9 Å². The third-order valence-corrected chi connectivity index (χ3v) is 4.32. The maximum atomic E-state index is 6.29. The Balaban J connectivity index is 1.87. The molecule has 2 N–H and O–H groups in total. The highest BCUT2D eigenvalue weighted by Crippen LogP contribution is 2.20. The lowest BCUT2D eigenvalue weighted by Gasteiger charge is -2.35. The molecule has 1 saturated heterocycles. The fourth-order valence-electron chi connectivity index (χ4n) is 2.57. The Bertz CT molecular complexity index is 399. The molecule has 0 saturated carbocycles. The molecular formula is C15H23BrN2O. The lowest BCUT2D eigenvalue weighted by Crippen LogP contribution is -2.45. The summed E-state index contributed by atoms with van der Waals surface area (Å²) in [4.78, 5) is 2.52. The highest BCUT2D eigenvalue weighted by Gasteiger charge is 2.21. The molecule has 2 rings (SSSR count). The van der Waals surface area contributed by atoms with Gasteiger partial charge >= 0.3 is 0 Å². The zero-order chi connectivity index (χ0) is 13.7. The molecule has 0 aromatic heterocycles. The van der Waals surface area contributed by atoms with Crippen molar-refractivity contribution in [1.29, 1.82) is 0 Å². The van der Waals surface area contributed by atoms with Crippen LogP contribution in [0.1, 0.15) is 31.4 Å². The second kappa shape index (κ2) is 7.39. The van der Waals surface area contributed by atoms with Crippen molar-refractivity contribution in [2.75, 3.05) is 26.3 Å². The Morgan fingerprint density at radius 2 is 2.37 bits per heavy atom. The first-order valence-corrected chi connectivity index (χ1v) is 7.83. The van der Waals surface area contributed by atoms with Crippen LogP contribution in [0.3, 0.4) is 0 Å². The summed E-state index contributed by atoms with van der Waals surface area (Å²) in [5.74, 6) is 0. The van der Waals surface area contributed by atoms with Gasteiger partial charge in [-0.05, 0) is 30.5 Å². The second-order valence-electron chi connectivity index (χ2n) is 5.12. The van der Waals surface area contributed by atoms with E-state index in [1.807, 2.05) is 12.1 Å². The Morgan fingerprint density at radius 3 is 3.11 bits per heavy atom. The van der Waals surface area contributed by atoms with Crippen LogP contribution >= 0.6 is 15.9 Å². The topological polar surface area (TPSA) is 38.5 Å². The molecule has 1 aliphatic heterocycles. The van der Waals surface area contributed by atoms with E-state index >= 15 is 0 Å². The van der Waals surface area contributed by atoms with Gasteiger partial charge in [0.05, 0.1) is 13.2 Å². The Hall–Kier alpha value is -0.420. The fourth-order valence-corrected chi connectivity index (χ4v) is 2.99. The van der Waals surface area contributed by atoms with E-state index in [0.717, 1.165) is 43.6 Å². The van der Waals surface area contributed by atoms with E-state index in [4.69, 9.17) is 10.5 Å². The van der Waals surface area contributed by atoms with E-state index in [0.29, 0.717) is 6.04 Å². The number of hydrogen-bond donors (Lipinski definition) is 1. The third kappa shape index (κ3) is 4.28. The van der Waals surface area contributed by atoms with Gasteiger partial charge in [0, 0.05) is 29.6 Å². The van der Waals surface area contributed by atoms with Gasteiger partial charge in [0.25, 0.3) is 0 Å². The van der Waals surface area contributed by atoms with Gasteiger partial charge < -0.3 is 10.5 Å². The minimum absolute atomic E-state index is 0.109. The van der Waals surface area contributed by atoms with Crippen molar-refractivity contribution >= 4 is 15.9 Å². The van der Waals surface area contributed by atoms with Gasteiger partial charge in [-0.1, -0.05) is 35.0 Å². The van der Waals surface area contributed by atoms with Gasteiger partial charge in [-0.25, -0.2) is 0 Å². The van der Waals surface area contributed by atoms with Crippen LogP contribution in [0.4, 0.5) is 0 Å². The summed E-state index contributed by atoms with van der Waals surface area (Å²) in [7, 11) is 0. The molecule has 1 aromatic carbocycles. The Labute approximate surface area is 124 Å². The van der Waals surface area contributed by atoms with Gasteiger partial charge in [0.2, 0.25) is 0 Å². The molecule has 0 radical (unpaired) electrons. The van der Waals surface area contributed by atoms with Crippen molar-refractivity contribution in [2.45, 2.75) is 31.8 Å². The van der Waals surface area contributed by atoms with Gasteiger partial charge in [0.1, 0.15) is 0 Å². The molecular weight excluding hydrogens is 304 g/mol. The maximum Gasteiger partial charge on any atom is 0.0622 e. The molecule has 4 heteroatoms. The molecule has 1 heterocycles. The van der Waals surface area contributed by atoms with Crippen molar-refractivity contribution in [3.05, 3.63) is 34.3 Å². The van der Waals surface area contributed by atoms with Crippen molar-refractivity contribution in [1.82, 2.24) is 4.90 Å². The summed E-state index contributed by atoms with van der Waals surface area (Å²) in [5, 5.41) is 0. The molecule has 106 valence electrons. The first-order valence-electron chi connectivity index (χ1n) is 7.03. The number of halogens is 1. The SMILES string of the molecule is CCC1COCCN1CCC(N)c1cccc(Br)c1. The number of rotatable bonds is 5. The quantitative estimate of drug-likeness (QED) is 0.904. The molecule has 0 spiro atoms. The predicted octanol–water partition coefficient (Wildman–Crippen LogP) is 2.95. The molecule has 19 heavy (non-hydrogen) atoms. The van der Waals surface area contributed by atoms with E-state index in [1.165, 1.54) is 5.56 Å². The first-order chi connectivity index (χ1) is 9.20. The number of hydrogen-bond acceptors (Lipinski definition) is 3. The highest BCUT2D eigenvalue weighted by molar-refractivity contribution is 9.10. The van der Waals surface area contributed by atoms with Gasteiger partial charge in [-0.15, -0.1) is 0 Å². The Morgan fingerprint density at radius 1 is 1.53 bits per heavy atom. The summed E-state index contributed by atoms with van der Waals surface area (Å²) in [6.07, 6.45) is 2.14. The maximum absolute atomic E-state index is 6.29. The van der Waals surface area contributed by atoms with Crippen LogP contribution in [0.25, 0.3) is 0 Å². The normalized spacial score (nSPS) is 22.4. The summed E-state index contributed by atoms with van der Waals surface area (Å²) in [5.41, 5.74) is 7.49. The lowest BCUT2D eigenvalue weighted by molar-refractivity contribution is -0.00964. The van der Waals surface area contributed by atoms with Crippen LogP contribution in [0.2, 0.25) is 0 Å².